The molecule has 0 fully saturated rings. The minimum Gasteiger partial charge on any atom is -0.185 e. The minimum absolute atomic E-state index is 0.203. The summed E-state index contributed by atoms with van der Waals surface area (Å²) in [5, 5.41) is 0. The molecule has 0 aliphatic carbocycles. The standard InChI is InChI=1S/C14H12F3O4S2/c1-20-22(21-23(18,19)14(15,16)17)13-10-6-5-9-12(13)11-7-3-2-4-8-11/h2-10H,1H3/q+1. The molecule has 4 nitrogen and oxygen atoms in total. The summed E-state index contributed by atoms with van der Waals surface area (Å²) in [6.45, 7) is 0. The molecule has 0 bridgehead atoms. The highest BCUT2D eigenvalue weighted by Gasteiger charge is 2.54. The highest BCUT2D eigenvalue weighted by molar-refractivity contribution is 8.00. The van der Waals surface area contributed by atoms with Crippen molar-refractivity contribution in [3.05, 3.63) is 54.6 Å². The molecule has 0 aliphatic heterocycles. The Morgan fingerprint density at radius 2 is 1.52 bits per heavy atom. The first-order chi connectivity index (χ1) is 10.8. The Morgan fingerprint density at radius 1 is 0.957 bits per heavy atom. The molecule has 0 spiro atoms. The fraction of sp³-hybridized carbons (Fsp3) is 0.143. The average Bonchev–Trinajstić information content (AvgIpc) is 2.52. The zero-order valence-corrected chi connectivity index (χ0v) is 13.4. The number of hydrogen-bond donors (Lipinski definition) is 0. The molecular formula is C14H12F3O4S2+. The highest BCUT2D eigenvalue weighted by Crippen LogP contribution is 2.34. The van der Waals surface area contributed by atoms with E-state index < -0.39 is 27.1 Å². The van der Waals surface area contributed by atoms with Crippen LogP contribution in [0.3, 0.4) is 0 Å². The van der Waals surface area contributed by atoms with Crippen LogP contribution < -0.4 is 0 Å². The van der Waals surface area contributed by atoms with Crippen LogP contribution in [0, 0.1) is 0 Å². The molecule has 0 saturated carbocycles. The van der Waals surface area contributed by atoms with E-state index in [0.29, 0.717) is 11.1 Å². The number of halogens is 3. The van der Waals surface area contributed by atoms with Gasteiger partial charge in [-0.25, -0.2) is 0 Å². The monoisotopic (exact) mass is 365 g/mol. The summed E-state index contributed by atoms with van der Waals surface area (Å²) < 4.78 is 69.1. The molecule has 0 N–H and O–H groups in total. The van der Waals surface area contributed by atoms with Crippen LogP contribution in [0.25, 0.3) is 11.1 Å². The fourth-order valence-electron chi connectivity index (χ4n) is 1.74. The molecule has 9 heteroatoms. The van der Waals surface area contributed by atoms with Gasteiger partial charge in [0.1, 0.15) is 0 Å². The van der Waals surface area contributed by atoms with Gasteiger partial charge in [-0.1, -0.05) is 42.5 Å². The molecule has 2 aromatic rings. The van der Waals surface area contributed by atoms with Crippen LogP contribution in [0.4, 0.5) is 13.2 Å². The van der Waals surface area contributed by atoms with Crippen molar-refractivity contribution in [2.75, 3.05) is 7.11 Å². The molecule has 0 amide bonds. The van der Waals surface area contributed by atoms with E-state index in [0.717, 1.165) is 7.11 Å². The van der Waals surface area contributed by atoms with Gasteiger partial charge in [-0.3, -0.25) is 0 Å². The molecule has 23 heavy (non-hydrogen) atoms. The number of benzene rings is 2. The van der Waals surface area contributed by atoms with E-state index in [-0.39, 0.29) is 4.90 Å². The maximum absolute atomic E-state index is 12.5. The Kier molecular flexibility index (Phi) is 5.35. The number of rotatable bonds is 5. The lowest BCUT2D eigenvalue weighted by atomic mass is 10.1. The molecule has 1 atom stereocenters. The fourth-order valence-corrected chi connectivity index (χ4v) is 3.95. The largest absolute Gasteiger partial charge is 0.527 e. The normalized spacial score (nSPS) is 13.7. The second kappa shape index (κ2) is 6.91. The van der Waals surface area contributed by atoms with Gasteiger partial charge in [0.2, 0.25) is 4.90 Å². The second-order valence-corrected chi connectivity index (χ2v) is 7.39. The van der Waals surface area contributed by atoms with Gasteiger partial charge >= 0.3 is 27.1 Å². The van der Waals surface area contributed by atoms with Crippen molar-refractivity contribution in [2.45, 2.75) is 10.4 Å². The van der Waals surface area contributed by atoms with Crippen LogP contribution in [-0.2, 0) is 29.4 Å². The molecule has 0 saturated heterocycles. The SMILES string of the molecule is CO[S+](OS(=O)(=O)C(F)(F)F)c1ccccc1-c1ccccc1. The topological polar surface area (TPSA) is 52.6 Å². The Bertz CT molecular complexity index is 761. The third kappa shape index (κ3) is 4.05. The van der Waals surface area contributed by atoms with E-state index >= 15 is 0 Å². The van der Waals surface area contributed by atoms with Crippen molar-refractivity contribution in [3.8, 4) is 11.1 Å². The van der Waals surface area contributed by atoms with Crippen LogP contribution in [0.2, 0.25) is 0 Å². The molecule has 2 rings (SSSR count). The predicted molar refractivity (Wildman–Crippen MR) is 80.6 cm³/mol. The van der Waals surface area contributed by atoms with Gasteiger partial charge in [-0.2, -0.15) is 21.6 Å². The van der Waals surface area contributed by atoms with Crippen molar-refractivity contribution in [2.24, 2.45) is 0 Å². The first-order valence-electron chi connectivity index (χ1n) is 6.20. The maximum Gasteiger partial charge on any atom is 0.527 e. The molecule has 124 valence electrons. The molecular weight excluding hydrogens is 353 g/mol. The van der Waals surface area contributed by atoms with E-state index in [4.69, 9.17) is 4.18 Å². The maximum atomic E-state index is 12.5. The van der Waals surface area contributed by atoms with Gasteiger partial charge in [0.25, 0.3) is 0 Å². The quantitative estimate of drug-likeness (QED) is 0.599. The summed E-state index contributed by atoms with van der Waals surface area (Å²) in [6.07, 6.45) is 0. The molecule has 2 aromatic carbocycles. The summed E-state index contributed by atoms with van der Waals surface area (Å²) >= 11 is -2.03. The third-order valence-corrected chi connectivity index (χ3v) is 5.53. The summed E-state index contributed by atoms with van der Waals surface area (Å²) in [5.41, 5.74) is -4.29. The lowest BCUT2D eigenvalue weighted by Gasteiger charge is -2.09. The van der Waals surface area contributed by atoms with Crippen molar-refractivity contribution in [3.63, 3.8) is 0 Å². The predicted octanol–water partition coefficient (Wildman–Crippen LogP) is 3.67. The second-order valence-electron chi connectivity index (χ2n) is 4.23. The van der Waals surface area contributed by atoms with Crippen LogP contribution in [0.1, 0.15) is 0 Å². The first kappa shape index (κ1) is 17.8. The van der Waals surface area contributed by atoms with Gasteiger partial charge in [-0.15, -0.1) is 4.18 Å². The van der Waals surface area contributed by atoms with E-state index in [2.05, 4.69) is 3.63 Å². The lowest BCUT2D eigenvalue weighted by Crippen LogP contribution is -2.29. The van der Waals surface area contributed by atoms with Gasteiger partial charge in [0.05, 0.1) is 7.11 Å². The smallest absolute Gasteiger partial charge is 0.185 e. The number of hydrogen-bond acceptors (Lipinski definition) is 4. The van der Waals surface area contributed by atoms with Crippen molar-refractivity contribution >= 4 is 21.6 Å². The van der Waals surface area contributed by atoms with Gasteiger partial charge < -0.3 is 0 Å². The van der Waals surface area contributed by atoms with Gasteiger partial charge in [-0.05, 0) is 11.6 Å². The van der Waals surface area contributed by atoms with Crippen molar-refractivity contribution in [1.29, 1.82) is 0 Å². The summed E-state index contributed by atoms with van der Waals surface area (Å²) in [7, 11) is -4.69. The zero-order chi connectivity index (χ0) is 17.1. The summed E-state index contributed by atoms with van der Waals surface area (Å²) in [6, 6.07) is 15.1. The third-order valence-electron chi connectivity index (χ3n) is 2.74. The van der Waals surface area contributed by atoms with E-state index in [1.807, 2.05) is 0 Å². The molecule has 0 aromatic heterocycles. The Labute approximate surface area is 134 Å². The lowest BCUT2D eigenvalue weighted by molar-refractivity contribution is -0.0498. The summed E-state index contributed by atoms with van der Waals surface area (Å²) in [5.74, 6) is 0. The van der Waals surface area contributed by atoms with Crippen molar-refractivity contribution in [1.82, 2.24) is 0 Å². The van der Waals surface area contributed by atoms with Crippen LogP contribution in [0.15, 0.2) is 59.5 Å². The van der Waals surface area contributed by atoms with Crippen LogP contribution in [-0.4, -0.2) is 21.0 Å². The molecule has 0 radical (unpaired) electrons. The van der Waals surface area contributed by atoms with Gasteiger partial charge in [0.15, 0.2) is 0 Å². The molecule has 0 heterocycles. The van der Waals surface area contributed by atoms with Crippen molar-refractivity contribution < 1.29 is 29.4 Å². The van der Waals surface area contributed by atoms with Crippen LogP contribution in [0.5, 0.6) is 0 Å². The first-order valence-corrected chi connectivity index (χ1v) is 8.69. The van der Waals surface area contributed by atoms with E-state index in [1.165, 1.54) is 6.07 Å². The molecule has 1 unspecified atom stereocenters. The minimum atomic E-state index is -5.77. The number of alkyl halides is 3. The Morgan fingerprint density at radius 3 is 2.09 bits per heavy atom. The molecule has 0 aliphatic rings. The summed E-state index contributed by atoms with van der Waals surface area (Å²) in [4.78, 5) is 0.203. The van der Waals surface area contributed by atoms with Crippen LogP contribution >= 0.6 is 0 Å². The average molecular weight is 365 g/mol. The zero-order valence-electron chi connectivity index (χ0n) is 11.8. The highest BCUT2D eigenvalue weighted by atomic mass is 32.3. The van der Waals surface area contributed by atoms with E-state index in [9.17, 15) is 21.6 Å². The Balaban J connectivity index is 2.44. The Hall–Kier alpha value is -1.55. The van der Waals surface area contributed by atoms with Gasteiger partial charge in [0, 0.05) is 15.3 Å². The van der Waals surface area contributed by atoms with E-state index in [1.54, 1.807) is 48.5 Å².